The smallest absolute Gasteiger partial charge is 0.222 e. The maximum absolute atomic E-state index is 12.2. The summed E-state index contributed by atoms with van der Waals surface area (Å²) >= 11 is 0. The second kappa shape index (κ2) is 5.51. The van der Waals surface area contributed by atoms with E-state index in [9.17, 15) is 4.79 Å². The quantitative estimate of drug-likeness (QED) is 0.607. The summed E-state index contributed by atoms with van der Waals surface area (Å²) in [6.45, 7) is 3.71. The molecule has 0 aromatic heterocycles. The number of piperidine rings is 4. The summed E-state index contributed by atoms with van der Waals surface area (Å²) in [6.07, 6.45) is 8.64. The molecule has 0 radical (unpaired) electrons. The summed E-state index contributed by atoms with van der Waals surface area (Å²) in [5.41, 5.74) is 0. The monoisotopic (exact) mass is 376 g/mol. The lowest BCUT2D eigenvalue weighted by Crippen LogP contribution is -2.66. The normalized spacial score (nSPS) is 42.1. The maximum atomic E-state index is 12.2. The number of nitrogens with zero attached hydrogens (tertiary/aromatic N) is 2. The second-order valence-corrected chi connectivity index (χ2v) is 6.74. The number of amides is 1. The lowest BCUT2D eigenvalue weighted by atomic mass is 9.68. The highest BCUT2D eigenvalue weighted by Gasteiger charge is 2.50. The first-order valence-corrected chi connectivity index (χ1v) is 7.88. The highest BCUT2D eigenvalue weighted by molar-refractivity contribution is 14.0. The minimum absolute atomic E-state index is 0. The molecule has 4 fully saturated rings. The third kappa shape index (κ3) is 2.23. The zero-order valence-electron chi connectivity index (χ0n) is 11.6. The molecule has 4 saturated heterocycles. The minimum Gasteiger partial charge on any atom is -0.339 e. The number of hydrogen-bond acceptors (Lipinski definition) is 2. The van der Waals surface area contributed by atoms with E-state index in [-0.39, 0.29) is 24.0 Å². The molecule has 1 amide bonds. The molecule has 0 aromatic carbocycles. The molecule has 0 bridgehead atoms. The van der Waals surface area contributed by atoms with Crippen LogP contribution in [0.2, 0.25) is 0 Å². The first kappa shape index (κ1) is 14.1. The van der Waals surface area contributed by atoms with Crippen molar-refractivity contribution in [1.82, 2.24) is 9.80 Å². The molecular formula is C15H25IN2O. The molecule has 0 saturated carbocycles. The van der Waals surface area contributed by atoms with E-state index in [1.54, 1.807) is 0 Å². The van der Waals surface area contributed by atoms with Gasteiger partial charge in [0.15, 0.2) is 0 Å². The number of rotatable bonds is 0. The van der Waals surface area contributed by atoms with Gasteiger partial charge in [-0.25, -0.2) is 0 Å². The Bertz CT molecular complexity index is 360. The molecule has 0 spiro atoms. The first-order chi connectivity index (χ1) is 8.84. The fourth-order valence-electron chi connectivity index (χ4n) is 5.26. The van der Waals surface area contributed by atoms with Crippen LogP contribution >= 0.6 is 24.0 Å². The molecule has 0 N–H and O–H groups in total. The lowest BCUT2D eigenvalue weighted by molar-refractivity contribution is -0.150. The van der Waals surface area contributed by atoms with Gasteiger partial charge in [-0.1, -0.05) is 0 Å². The van der Waals surface area contributed by atoms with Crippen LogP contribution in [-0.4, -0.2) is 47.4 Å². The van der Waals surface area contributed by atoms with Crippen LogP contribution in [0, 0.1) is 11.8 Å². The number of carbonyl (C=O) groups is 1. The zero-order valence-corrected chi connectivity index (χ0v) is 13.9. The van der Waals surface area contributed by atoms with E-state index in [2.05, 4.69) is 9.80 Å². The van der Waals surface area contributed by atoms with Gasteiger partial charge in [0, 0.05) is 25.0 Å². The van der Waals surface area contributed by atoms with Crippen molar-refractivity contribution in [3.63, 3.8) is 0 Å². The van der Waals surface area contributed by atoms with Crippen molar-refractivity contribution < 1.29 is 4.79 Å². The number of hydrogen-bond donors (Lipinski definition) is 0. The van der Waals surface area contributed by atoms with Gasteiger partial charge in [0.2, 0.25) is 5.91 Å². The summed E-state index contributed by atoms with van der Waals surface area (Å²) < 4.78 is 0. The fraction of sp³-hybridized carbons (Fsp3) is 0.933. The van der Waals surface area contributed by atoms with Crippen LogP contribution in [0.25, 0.3) is 0 Å². The summed E-state index contributed by atoms with van der Waals surface area (Å²) in [5.74, 6) is 2.02. The maximum Gasteiger partial charge on any atom is 0.222 e. The van der Waals surface area contributed by atoms with Crippen LogP contribution in [0.1, 0.15) is 44.9 Å². The SMILES string of the molecule is I.O=C1CCC[C@@H]2[C@H]3CCCN4CCC[C@H](CN12)[C@@H]34. The molecule has 19 heavy (non-hydrogen) atoms. The fourth-order valence-corrected chi connectivity index (χ4v) is 5.26. The molecule has 0 unspecified atom stereocenters. The molecule has 4 heteroatoms. The standard InChI is InChI=1S/C15H24N2O.HI/c18-14-7-1-6-13-12-5-3-9-16-8-2-4-11(15(12)16)10-17(13)14;/h11-13,15H,1-10H2;1H/t11-,12-,13-,15+;/m1./s1. The first-order valence-electron chi connectivity index (χ1n) is 7.88. The number of fused-ring (bicyclic) bond motifs is 2. The Morgan fingerprint density at radius 3 is 2.63 bits per heavy atom. The molecular weight excluding hydrogens is 351 g/mol. The topological polar surface area (TPSA) is 23.6 Å². The highest BCUT2D eigenvalue weighted by Crippen LogP contribution is 2.44. The van der Waals surface area contributed by atoms with Crippen LogP contribution in [0.3, 0.4) is 0 Å². The Morgan fingerprint density at radius 2 is 1.79 bits per heavy atom. The van der Waals surface area contributed by atoms with Gasteiger partial charge < -0.3 is 4.90 Å². The largest absolute Gasteiger partial charge is 0.339 e. The van der Waals surface area contributed by atoms with Crippen molar-refractivity contribution in [2.75, 3.05) is 19.6 Å². The van der Waals surface area contributed by atoms with Crippen molar-refractivity contribution in [1.29, 1.82) is 0 Å². The van der Waals surface area contributed by atoms with Gasteiger partial charge in [-0.15, -0.1) is 24.0 Å². The van der Waals surface area contributed by atoms with Gasteiger partial charge >= 0.3 is 0 Å². The third-order valence-corrected chi connectivity index (χ3v) is 5.88. The van der Waals surface area contributed by atoms with E-state index in [0.29, 0.717) is 11.9 Å². The van der Waals surface area contributed by atoms with Gasteiger partial charge in [0.05, 0.1) is 0 Å². The van der Waals surface area contributed by atoms with Gasteiger partial charge in [-0.2, -0.15) is 0 Å². The van der Waals surface area contributed by atoms with Gasteiger partial charge in [-0.05, 0) is 63.5 Å². The Hall–Kier alpha value is 0.160. The highest BCUT2D eigenvalue weighted by atomic mass is 127. The van der Waals surface area contributed by atoms with Crippen molar-refractivity contribution in [3.05, 3.63) is 0 Å². The van der Waals surface area contributed by atoms with Gasteiger partial charge in [0.1, 0.15) is 0 Å². The van der Waals surface area contributed by atoms with Crippen molar-refractivity contribution >= 4 is 29.9 Å². The second-order valence-electron chi connectivity index (χ2n) is 6.74. The van der Waals surface area contributed by atoms with Crippen LogP contribution < -0.4 is 0 Å². The Balaban J connectivity index is 0.00000110. The Labute approximate surface area is 133 Å². The molecule has 0 aliphatic carbocycles. The molecule has 4 heterocycles. The summed E-state index contributed by atoms with van der Waals surface area (Å²) in [6, 6.07) is 1.41. The average Bonchev–Trinajstić information content (AvgIpc) is 2.41. The van der Waals surface area contributed by atoms with Crippen molar-refractivity contribution in [3.8, 4) is 0 Å². The predicted molar refractivity (Wildman–Crippen MR) is 85.6 cm³/mol. The van der Waals surface area contributed by atoms with E-state index in [1.807, 2.05) is 0 Å². The molecule has 4 aliphatic heterocycles. The molecule has 4 atom stereocenters. The van der Waals surface area contributed by atoms with Gasteiger partial charge in [0.25, 0.3) is 0 Å². The minimum atomic E-state index is 0. The molecule has 3 nitrogen and oxygen atoms in total. The lowest BCUT2D eigenvalue weighted by Gasteiger charge is -2.58. The number of carbonyl (C=O) groups excluding carboxylic acids is 1. The average molecular weight is 376 g/mol. The van der Waals surface area contributed by atoms with E-state index >= 15 is 0 Å². The van der Waals surface area contributed by atoms with Crippen LogP contribution in [0.5, 0.6) is 0 Å². The van der Waals surface area contributed by atoms with E-state index in [0.717, 1.165) is 37.3 Å². The predicted octanol–water partition coefficient (Wildman–Crippen LogP) is 2.49. The summed E-state index contributed by atoms with van der Waals surface area (Å²) in [5, 5.41) is 0. The van der Waals surface area contributed by atoms with Crippen LogP contribution in [-0.2, 0) is 4.79 Å². The van der Waals surface area contributed by atoms with Crippen molar-refractivity contribution in [2.45, 2.75) is 57.0 Å². The molecule has 0 aromatic rings. The molecule has 4 rings (SSSR count). The van der Waals surface area contributed by atoms with Gasteiger partial charge in [-0.3, -0.25) is 9.69 Å². The van der Waals surface area contributed by atoms with E-state index in [4.69, 9.17) is 0 Å². The number of halogens is 1. The third-order valence-electron chi connectivity index (χ3n) is 5.88. The molecule has 108 valence electrons. The summed E-state index contributed by atoms with van der Waals surface area (Å²) in [4.78, 5) is 17.2. The van der Waals surface area contributed by atoms with E-state index < -0.39 is 0 Å². The van der Waals surface area contributed by atoms with Crippen LogP contribution in [0.15, 0.2) is 0 Å². The zero-order chi connectivity index (χ0) is 12.1. The Kier molecular flexibility index (Phi) is 4.09. The molecule has 4 aliphatic rings. The van der Waals surface area contributed by atoms with E-state index in [1.165, 1.54) is 45.2 Å². The Morgan fingerprint density at radius 1 is 1.00 bits per heavy atom. The van der Waals surface area contributed by atoms with Crippen molar-refractivity contribution in [2.24, 2.45) is 11.8 Å². The summed E-state index contributed by atoms with van der Waals surface area (Å²) in [7, 11) is 0. The van der Waals surface area contributed by atoms with Crippen LogP contribution in [0.4, 0.5) is 0 Å².